The summed E-state index contributed by atoms with van der Waals surface area (Å²) in [5.74, 6) is 0. The number of rotatable bonds is 2. The molecule has 11 heavy (non-hydrogen) atoms. The van der Waals surface area contributed by atoms with Crippen molar-refractivity contribution in [2.75, 3.05) is 0 Å². The van der Waals surface area contributed by atoms with Crippen molar-refractivity contribution in [3.05, 3.63) is 30.5 Å². The van der Waals surface area contributed by atoms with Crippen molar-refractivity contribution in [3.63, 3.8) is 0 Å². The van der Waals surface area contributed by atoms with Crippen LogP contribution in [0.4, 0.5) is 0 Å². The van der Waals surface area contributed by atoms with Crippen LogP contribution in [0.1, 0.15) is 5.69 Å². The van der Waals surface area contributed by atoms with Crippen molar-refractivity contribution in [2.45, 2.75) is 0 Å². The SMILES string of the molecule is N=CC(=CN)c1cnccn1. The molecule has 0 aliphatic rings. The highest BCUT2D eigenvalue weighted by atomic mass is 14.8. The average molecular weight is 148 g/mol. The first-order chi connectivity index (χ1) is 5.38. The van der Waals surface area contributed by atoms with Gasteiger partial charge in [0.05, 0.1) is 11.9 Å². The zero-order chi connectivity index (χ0) is 8.10. The molecule has 4 heteroatoms. The van der Waals surface area contributed by atoms with Crippen LogP contribution in [0.2, 0.25) is 0 Å². The maximum absolute atomic E-state index is 6.96. The summed E-state index contributed by atoms with van der Waals surface area (Å²) in [6.07, 6.45) is 7.16. The quantitative estimate of drug-likeness (QED) is 0.597. The van der Waals surface area contributed by atoms with Gasteiger partial charge in [0.15, 0.2) is 0 Å². The fourth-order valence-electron chi connectivity index (χ4n) is 0.656. The molecular weight excluding hydrogens is 140 g/mol. The van der Waals surface area contributed by atoms with E-state index < -0.39 is 0 Å². The van der Waals surface area contributed by atoms with Crippen molar-refractivity contribution in [3.8, 4) is 0 Å². The zero-order valence-corrected chi connectivity index (χ0v) is 5.86. The van der Waals surface area contributed by atoms with E-state index in [-0.39, 0.29) is 0 Å². The lowest BCUT2D eigenvalue weighted by Crippen LogP contribution is -1.93. The van der Waals surface area contributed by atoms with E-state index in [0.717, 1.165) is 6.21 Å². The molecule has 1 aromatic heterocycles. The van der Waals surface area contributed by atoms with Crippen LogP contribution in [-0.4, -0.2) is 16.2 Å². The molecule has 0 saturated carbocycles. The molecule has 0 aliphatic carbocycles. The van der Waals surface area contributed by atoms with Gasteiger partial charge < -0.3 is 11.1 Å². The van der Waals surface area contributed by atoms with Gasteiger partial charge in [-0.15, -0.1) is 0 Å². The topological polar surface area (TPSA) is 75.7 Å². The highest BCUT2D eigenvalue weighted by Gasteiger charge is 1.96. The minimum atomic E-state index is 0.568. The third-order valence-electron chi connectivity index (χ3n) is 1.19. The van der Waals surface area contributed by atoms with Gasteiger partial charge in [0.25, 0.3) is 0 Å². The van der Waals surface area contributed by atoms with E-state index in [2.05, 4.69) is 9.97 Å². The van der Waals surface area contributed by atoms with Gasteiger partial charge in [-0.2, -0.15) is 0 Å². The van der Waals surface area contributed by atoms with Crippen molar-refractivity contribution < 1.29 is 0 Å². The lowest BCUT2D eigenvalue weighted by atomic mass is 10.2. The van der Waals surface area contributed by atoms with Gasteiger partial charge >= 0.3 is 0 Å². The number of nitrogens with two attached hydrogens (primary N) is 1. The number of nitrogens with one attached hydrogen (secondary N) is 1. The minimum absolute atomic E-state index is 0.568. The Bertz CT molecular complexity index is 265. The highest BCUT2D eigenvalue weighted by molar-refractivity contribution is 6.07. The molecule has 0 unspecified atom stereocenters. The molecule has 1 aromatic rings. The summed E-state index contributed by atoms with van der Waals surface area (Å²) < 4.78 is 0. The van der Waals surface area contributed by atoms with Gasteiger partial charge in [0.1, 0.15) is 0 Å². The molecule has 0 aliphatic heterocycles. The van der Waals surface area contributed by atoms with Gasteiger partial charge in [0, 0.05) is 30.4 Å². The summed E-state index contributed by atoms with van der Waals surface area (Å²) in [6.45, 7) is 0. The maximum atomic E-state index is 6.96. The molecule has 0 saturated heterocycles. The second kappa shape index (κ2) is 3.46. The molecule has 0 amide bonds. The molecule has 3 N–H and O–H groups in total. The smallest absolute Gasteiger partial charge is 0.0914 e. The lowest BCUT2D eigenvalue weighted by Gasteiger charge is -1.95. The fourth-order valence-corrected chi connectivity index (χ4v) is 0.656. The molecule has 0 fully saturated rings. The molecule has 0 bridgehead atoms. The van der Waals surface area contributed by atoms with Crippen LogP contribution in [0.25, 0.3) is 5.57 Å². The molecule has 0 spiro atoms. The highest BCUT2D eigenvalue weighted by Crippen LogP contribution is 2.03. The monoisotopic (exact) mass is 148 g/mol. The largest absolute Gasteiger partial charge is 0.404 e. The Hall–Kier alpha value is -1.71. The average Bonchev–Trinajstić information content (AvgIpc) is 2.09. The van der Waals surface area contributed by atoms with Crippen LogP contribution < -0.4 is 5.73 Å². The van der Waals surface area contributed by atoms with Gasteiger partial charge in [-0.1, -0.05) is 0 Å². The first-order valence-corrected chi connectivity index (χ1v) is 3.07. The maximum Gasteiger partial charge on any atom is 0.0914 e. The minimum Gasteiger partial charge on any atom is -0.404 e. The van der Waals surface area contributed by atoms with Crippen LogP contribution in [-0.2, 0) is 0 Å². The van der Waals surface area contributed by atoms with Crippen LogP contribution in [0.3, 0.4) is 0 Å². The van der Waals surface area contributed by atoms with Gasteiger partial charge in [0.2, 0.25) is 0 Å². The molecule has 1 rings (SSSR count). The molecule has 4 nitrogen and oxygen atoms in total. The number of hydrogen-bond donors (Lipinski definition) is 2. The van der Waals surface area contributed by atoms with Crippen LogP contribution in [0.5, 0.6) is 0 Å². The van der Waals surface area contributed by atoms with E-state index in [1.807, 2.05) is 0 Å². The summed E-state index contributed by atoms with van der Waals surface area (Å²) in [4.78, 5) is 7.80. The van der Waals surface area contributed by atoms with E-state index in [0.29, 0.717) is 11.3 Å². The first kappa shape index (κ1) is 7.40. The van der Waals surface area contributed by atoms with Crippen molar-refractivity contribution in [1.29, 1.82) is 5.41 Å². The first-order valence-electron chi connectivity index (χ1n) is 3.07. The molecular formula is C7H8N4. The van der Waals surface area contributed by atoms with Gasteiger partial charge in [-0.25, -0.2) is 0 Å². The van der Waals surface area contributed by atoms with E-state index >= 15 is 0 Å². The Morgan fingerprint density at radius 2 is 2.36 bits per heavy atom. The van der Waals surface area contributed by atoms with Gasteiger partial charge in [-0.3, -0.25) is 9.97 Å². The predicted molar refractivity (Wildman–Crippen MR) is 43.0 cm³/mol. The number of allylic oxidation sites excluding steroid dienone is 1. The van der Waals surface area contributed by atoms with E-state index in [4.69, 9.17) is 11.1 Å². The Morgan fingerprint density at radius 3 is 2.82 bits per heavy atom. The number of hydrogen-bond acceptors (Lipinski definition) is 4. The summed E-state index contributed by atoms with van der Waals surface area (Å²) in [7, 11) is 0. The normalized spacial score (nSPS) is 11.1. The zero-order valence-electron chi connectivity index (χ0n) is 5.86. The molecule has 0 radical (unpaired) electrons. The third-order valence-corrected chi connectivity index (χ3v) is 1.19. The van der Waals surface area contributed by atoms with Crippen molar-refractivity contribution in [2.24, 2.45) is 5.73 Å². The van der Waals surface area contributed by atoms with E-state index in [1.165, 1.54) is 6.20 Å². The lowest BCUT2D eigenvalue weighted by molar-refractivity contribution is 1.17. The second-order valence-electron chi connectivity index (χ2n) is 1.86. The van der Waals surface area contributed by atoms with Crippen LogP contribution in [0.15, 0.2) is 24.8 Å². The molecule has 0 aromatic carbocycles. The van der Waals surface area contributed by atoms with Crippen LogP contribution in [0, 0.1) is 5.41 Å². The molecule has 56 valence electrons. The third kappa shape index (κ3) is 1.61. The Kier molecular flexibility index (Phi) is 2.32. The Labute approximate surface area is 64.3 Å². The standard InChI is InChI=1S/C7H8N4/c8-3-6(4-9)7-5-10-1-2-11-7/h1-5,8H,9H2. The van der Waals surface area contributed by atoms with E-state index in [1.54, 1.807) is 18.6 Å². The Morgan fingerprint density at radius 1 is 1.55 bits per heavy atom. The predicted octanol–water partition coefficient (Wildman–Crippen LogP) is 0.426. The summed E-state index contributed by atoms with van der Waals surface area (Å²) in [5.41, 5.74) is 6.42. The molecule has 0 atom stereocenters. The number of aromatic nitrogens is 2. The van der Waals surface area contributed by atoms with E-state index in [9.17, 15) is 0 Å². The van der Waals surface area contributed by atoms with Crippen LogP contribution >= 0.6 is 0 Å². The van der Waals surface area contributed by atoms with Gasteiger partial charge in [-0.05, 0) is 0 Å². The number of nitrogens with zero attached hydrogens (tertiary/aromatic N) is 2. The second-order valence-corrected chi connectivity index (χ2v) is 1.86. The van der Waals surface area contributed by atoms with Crippen molar-refractivity contribution >= 4 is 11.8 Å². The summed E-state index contributed by atoms with van der Waals surface area (Å²) in [5, 5.41) is 6.96. The molecule has 1 heterocycles. The summed E-state index contributed by atoms with van der Waals surface area (Å²) in [6, 6.07) is 0. The van der Waals surface area contributed by atoms with Crippen molar-refractivity contribution in [1.82, 2.24) is 9.97 Å². The summed E-state index contributed by atoms with van der Waals surface area (Å²) >= 11 is 0. The Balaban J connectivity index is 3.01. The fraction of sp³-hybridized carbons (Fsp3) is 0.